The number of carbonyl (C=O) groups excluding carboxylic acids is 1. The van der Waals surface area contributed by atoms with Crippen molar-refractivity contribution < 1.29 is 9.53 Å². The number of likely N-dealkylation sites (tertiary alicyclic amines) is 1. The molecule has 1 aliphatic rings. The first kappa shape index (κ1) is 16.6. The van der Waals surface area contributed by atoms with E-state index >= 15 is 0 Å². The van der Waals surface area contributed by atoms with E-state index in [9.17, 15) is 4.79 Å². The number of benzene rings is 1. The largest absolute Gasteiger partial charge is 0.444 e. The van der Waals surface area contributed by atoms with Gasteiger partial charge in [-0.2, -0.15) is 0 Å². The highest BCUT2D eigenvalue weighted by Gasteiger charge is 2.33. The minimum Gasteiger partial charge on any atom is -0.444 e. The van der Waals surface area contributed by atoms with Crippen molar-refractivity contribution in [3.8, 4) is 0 Å². The lowest BCUT2D eigenvalue weighted by Gasteiger charge is -2.40. The average molecular weight is 301 g/mol. The summed E-state index contributed by atoms with van der Waals surface area (Å²) in [5.74, 6) is 0. The number of ether oxygens (including phenoxy) is 1. The molecule has 2 unspecified atom stereocenters. The summed E-state index contributed by atoms with van der Waals surface area (Å²) in [4.78, 5) is 14.4. The number of nitrogens with zero attached hydrogens (tertiary/aromatic N) is 1. The molecule has 3 heteroatoms. The van der Waals surface area contributed by atoms with E-state index in [4.69, 9.17) is 4.74 Å². The molecule has 1 amide bonds. The van der Waals surface area contributed by atoms with Crippen LogP contribution in [0.15, 0.2) is 36.4 Å². The molecule has 0 aliphatic carbocycles. The predicted molar refractivity (Wildman–Crippen MR) is 90.7 cm³/mol. The number of hydrogen-bond donors (Lipinski definition) is 0. The van der Waals surface area contributed by atoms with Crippen molar-refractivity contribution in [3.05, 3.63) is 42.0 Å². The molecule has 3 nitrogen and oxygen atoms in total. The fourth-order valence-electron chi connectivity index (χ4n) is 2.83. The summed E-state index contributed by atoms with van der Waals surface area (Å²) >= 11 is 0. The first-order valence-electron chi connectivity index (χ1n) is 8.11. The summed E-state index contributed by atoms with van der Waals surface area (Å²) in [7, 11) is 0. The molecular formula is C19H27NO2. The van der Waals surface area contributed by atoms with Crippen LogP contribution in [0.3, 0.4) is 0 Å². The van der Waals surface area contributed by atoms with Gasteiger partial charge in [-0.05, 0) is 52.5 Å². The minimum atomic E-state index is -0.456. The van der Waals surface area contributed by atoms with Crippen LogP contribution in [-0.2, 0) is 4.74 Å². The quantitative estimate of drug-likeness (QED) is 0.779. The zero-order chi connectivity index (χ0) is 16.2. The molecule has 1 aliphatic heterocycles. The molecule has 1 aromatic rings. The Morgan fingerprint density at radius 3 is 2.55 bits per heavy atom. The van der Waals surface area contributed by atoms with E-state index in [0.717, 1.165) is 24.8 Å². The van der Waals surface area contributed by atoms with Gasteiger partial charge in [0.1, 0.15) is 5.60 Å². The Morgan fingerprint density at radius 2 is 1.91 bits per heavy atom. The lowest BCUT2D eigenvalue weighted by Crippen LogP contribution is -2.49. The zero-order valence-electron chi connectivity index (χ0n) is 14.1. The summed E-state index contributed by atoms with van der Waals surface area (Å²) in [5, 5.41) is 0. The van der Waals surface area contributed by atoms with Crippen LogP contribution >= 0.6 is 0 Å². The van der Waals surface area contributed by atoms with Crippen LogP contribution in [-0.4, -0.2) is 28.7 Å². The van der Waals surface area contributed by atoms with Gasteiger partial charge in [-0.25, -0.2) is 4.79 Å². The molecule has 1 heterocycles. The third-order valence-electron chi connectivity index (χ3n) is 3.87. The molecule has 0 aromatic heterocycles. The molecule has 1 fully saturated rings. The first-order valence-corrected chi connectivity index (χ1v) is 8.11. The number of piperidine rings is 1. The van der Waals surface area contributed by atoms with Crippen molar-refractivity contribution in [3.63, 3.8) is 0 Å². The smallest absolute Gasteiger partial charge is 0.411 e. The number of rotatable bonds is 2. The Balaban J connectivity index is 2.13. The van der Waals surface area contributed by atoms with Gasteiger partial charge in [-0.1, -0.05) is 42.5 Å². The Hall–Kier alpha value is -1.77. The maximum atomic E-state index is 12.5. The highest BCUT2D eigenvalue weighted by Crippen LogP contribution is 2.26. The third-order valence-corrected chi connectivity index (χ3v) is 3.87. The summed E-state index contributed by atoms with van der Waals surface area (Å²) in [5.41, 5.74) is 0.701. The second-order valence-electron chi connectivity index (χ2n) is 7.00. The van der Waals surface area contributed by atoms with Crippen LogP contribution < -0.4 is 0 Å². The highest BCUT2D eigenvalue weighted by atomic mass is 16.6. The molecule has 0 N–H and O–H groups in total. The normalized spacial score (nSPS) is 22.8. The fourth-order valence-corrected chi connectivity index (χ4v) is 2.83. The van der Waals surface area contributed by atoms with Crippen molar-refractivity contribution in [1.29, 1.82) is 0 Å². The zero-order valence-corrected chi connectivity index (χ0v) is 14.1. The summed E-state index contributed by atoms with van der Waals surface area (Å²) in [6.07, 6.45) is 7.20. The van der Waals surface area contributed by atoms with Crippen molar-refractivity contribution in [2.24, 2.45) is 0 Å². The van der Waals surface area contributed by atoms with Gasteiger partial charge in [0, 0.05) is 6.04 Å². The standard InChI is InChI=1S/C19H27NO2/c1-15-9-8-12-17(14-13-16-10-6-5-7-11-16)20(15)18(21)22-19(2,3)4/h5-7,10-11,13-15,17H,8-9,12H2,1-4H3. The highest BCUT2D eigenvalue weighted by molar-refractivity contribution is 5.70. The molecule has 0 radical (unpaired) electrons. The van der Waals surface area contributed by atoms with Crippen LogP contribution in [0.4, 0.5) is 4.79 Å². The maximum Gasteiger partial charge on any atom is 0.411 e. The van der Waals surface area contributed by atoms with Crippen LogP contribution in [0.2, 0.25) is 0 Å². The molecule has 2 atom stereocenters. The van der Waals surface area contributed by atoms with E-state index in [0.29, 0.717) is 0 Å². The predicted octanol–water partition coefficient (Wildman–Crippen LogP) is 4.88. The van der Waals surface area contributed by atoms with E-state index in [-0.39, 0.29) is 18.2 Å². The molecule has 1 aromatic carbocycles. The monoisotopic (exact) mass is 301 g/mol. The summed E-state index contributed by atoms with van der Waals surface area (Å²) < 4.78 is 5.58. The second kappa shape index (κ2) is 6.99. The molecule has 2 rings (SSSR count). The Kier molecular flexibility index (Phi) is 5.28. The van der Waals surface area contributed by atoms with Crippen LogP contribution in [0.5, 0.6) is 0 Å². The number of carbonyl (C=O) groups is 1. The topological polar surface area (TPSA) is 29.5 Å². The van der Waals surface area contributed by atoms with Gasteiger partial charge in [0.25, 0.3) is 0 Å². The Bertz CT molecular complexity index is 516. The molecule has 0 saturated carbocycles. The van der Waals surface area contributed by atoms with Gasteiger partial charge in [0.2, 0.25) is 0 Å². The molecule has 1 saturated heterocycles. The lowest BCUT2D eigenvalue weighted by atomic mass is 9.96. The SMILES string of the molecule is CC1CCCC(C=Cc2ccccc2)N1C(=O)OC(C)(C)C. The minimum absolute atomic E-state index is 0.110. The van der Waals surface area contributed by atoms with Gasteiger partial charge >= 0.3 is 6.09 Å². The lowest BCUT2D eigenvalue weighted by molar-refractivity contribution is 0.00370. The van der Waals surface area contributed by atoms with Crippen LogP contribution in [0.1, 0.15) is 52.5 Å². The number of hydrogen-bond acceptors (Lipinski definition) is 2. The average Bonchev–Trinajstić information content (AvgIpc) is 2.44. The van der Waals surface area contributed by atoms with Gasteiger partial charge in [-0.15, -0.1) is 0 Å². The second-order valence-corrected chi connectivity index (χ2v) is 7.00. The van der Waals surface area contributed by atoms with Gasteiger partial charge in [-0.3, -0.25) is 4.90 Å². The van der Waals surface area contributed by atoms with E-state index in [1.54, 1.807) is 0 Å². The Morgan fingerprint density at radius 1 is 1.23 bits per heavy atom. The maximum absolute atomic E-state index is 12.5. The van der Waals surface area contributed by atoms with E-state index in [1.165, 1.54) is 0 Å². The van der Waals surface area contributed by atoms with E-state index in [1.807, 2.05) is 43.9 Å². The van der Waals surface area contributed by atoms with Gasteiger partial charge in [0.05, 0.1) is 6.04 Å². The van der Waals surface area contributed by atoms with Crippen LogP contribution in [0, 0.1) is 0 Å². The van der Waals surface area contributed by atoms with Crippen LogP contribution in [0.25, 0.3) is 6.08 Å². The molecule has 0 spiro atoms. The summed E-state index contributed by atoms with van der Waals surface area (Å²) in [6, 6.07) is 10.5. The van der Waals surface area contributed by atoms with Crippen molar-refractivity contribution in [2.75, 3.05) is 0 Å². The fraction of sp³-hybridized carbons (Fsp3) is 0.526. The van der Waals surface area contributed by atoms with Crippen molar-refractivity contribution >= 4 is 12.2 Å². The van der Waals surface area contributed by atoms with E-state index in [2.05, 4.69) is 31.2 Å². The molecular weight excluding hydrogens is 274 g/mol. The molecule has 120 valence electrons. The van der Waals surface area contributed by atoms with Gasteiger partial charge < -0.3 is 4.74 Å². The molecule has 0 bridgehead atoms. The van der Waals surface area contributed by atoms with Crippen molar-refractivity contribution in [1.82, 2.24) is 4.90 Å². The van der Waals surface area contributed by atoms with Crippen molar-refractivity contribution in [2.45, 2.75) is 64.6 Å². The Labute approximate surface area is 134 Å². The summed E-state index contributed by atoms with van der Waals surface area (Å²) in [6.45, 7) is 7.84. The first-order chi connectivity index (χ1) is 10.4. The third kappa shape index (κ3) is 4.62. The van der Waals surface area contributed by atoms with E-state index < -0.39 is 5.60 Å². The number of amides is 1. The van der Waals surface area contributed by atoms with Gasteiger partial charge in [0.15, 0.2) is 0 Å². The molecule has 22 heavy (non-hydrogen) atoms.